The molecule has 6 nitrogen and oxygen atoms in total. The molecule has 1 N–H and O–H groups in total. The van der Waals surface area contributed by atoms with E-state index in [9.17, 15) is 14.7 Å². The van der Waals surface area contributed by atoms with Gasteiger partial charge in [-0.3, -0.25) is 9.69 Å². The topological polar surface area (TPSA) is 70.1 Å². The van der Waals surface area contributed by atoms with Crippen LogP contribution >= 0.6 is 0 Å². The number of amides is 3. The zero-order valence-electron chi connectivity index (χ0n) is 12.3. The minimum absolute atomic E-state index is 0.0340. The van der Waals surface area contributed by atoms with Crippen LogP contribution in [-0.4, -0.2) is 59.7 Å². The smallest absolute Gasteiger partial charge is 0.327 e. The Balaban J connectivity index is 1.83. The zero-order chi connectivity index (χ0) is 15.4. The van der Waals surface area contributed by atoms with Gasteiger partial charge in [-0.2, -0.15) is 0 Å². The van der Waals surface area contributed by atoms with Crippen molar-refractivity contribution in [2.24, 2.45) is 0 Å². The Kier molecular flexibility index (Phi) is 4.80. The number of likely N-dealkylation sites (N-methyl/N-ethyl adjacent to an activating group) is 1. The number of urea groups is 1. The molecule has 0 aromatic heterocycles. The average Bonchev–Trinajstić information content (AvgIpc) is 2.72. The van der Waals surface area contributed by atoms with E-state index < -0.39 is 6.10 Å². The van der Waals surface area contributed by atoms with Gasteiger partial charge in [0.1, 0.15) is 25.0 Å². The standard InChI is InChI=1S/C15H20N2O4/c1-3-11-4-6-13(7-5-11)21-10-12(18)8-17-14(19)9-16(2)15(17)20/h4-7,12,18H,3,8-10H2,1-2H3/t12-/m0/s1. The maximum atomic E-state index is 11.7. The van der Waals surface area contributed by atoms with Gasteiger partial charge in [0.2, 0.25) is 5.91 Å². The van der Waals surface area contributed by atoms with E-state index in [0.717, 1.165) is 11.3 Å². The largest absolute Gasteiger partial charge is 0.491 e. The summed E-state index contributed by atoms with van der Waals surface area (Å²) < 4.78 is 5.46. The van der Waals surface area contributed by atoms with Gasteiger partial charge in [-0.05, 0) is 24.1 Å². The zero-order valence-corrected chi connectivity index (χ0v) is 12.3. The molecule has 3 amide bonds. The number of imide groups is 1. The third kappa shape index (κ3) is 3.72. The molecule has 0 unspecified atom stereocenters. The van der Waals surface area contributed by atoms with E-state index in [4.69, 9.17) is 4.74 Å². The molecule has 1 aliphatic rings. The second kappa shape index (κ2) is 6.58. The van der Waals surface area contributed by atoms with Crippen LogP contribution < -0.4 is 4.74 Å². The van der Waals surface area contributed by atoms with Crippen molar-refractivity contribution in [3.8, 4) is 5.75 Å². The summed E-state index contributed by atoms with van der Waals surface area (Å²) in [6, 6.07) is 7.22. The Morgan fingerprint density at radius 3 is 2.48 bits per heavy atom. The number of β-amino-alcohol motifs (C(OH)–C–C–N with tert-alkyl or cyclic N) is 1. The number of hydrogen-bond acceptors (Lipinski definition) is 4. The summed E-state index contributed by atoms with van der Waals surface area (Å²) >= 11 is 0. The first-order valence-electron chi connectivity index (χ1n) is 6.96. The van der Waals surface area contributed by atoms with Crippen LogP contribution in [-0.2, 0) is 11.2 Å². The van der Waals surface area contributed by atoms with Crippen LogP contribution in [0.5, 0.6) is 5.75 Å². The highest BCUT2D eigenvalue weighted by molar-refractivity contribution is 6.01. The van der Waals surface area contributed by atoms with Crippen LogP contribution in [0.2, 0.25) is 0 Å². The second-order valence-corrected chi connectivity index (χ2v) is 5.11. The monoisotopic (exact) mass is 292 g/mol. The van der Waals surface area contributed by atoms with Crippen LogP contribution in [0, 0.1) is 0 Å². The van der Waals surface area contributed by atoms with Crippen molar-refractivity contribution in [1.82, 2.24) is 9.80 Å². The molecule has 1 aromatic carbocycles. The van der Waals surface area contributed by atoms with E-state index in [1.54, 1.807) is 7.05 Å². The number of aryl methyl sites for hydroxylation is 1. The van der Waals surface area contributed by atoms with Crippen molar-refractivity contribution in [3.05, 3.63) is 29.8 Å². The molecule has 21 heavy (non-hydrogen) atoms. The summed E-state index contributed by atoms with van der Waals surface area (Å²) in [7, 11) is 1.55. The number of ether oxygens (including phenoxy) is 1. The first kappa shape index (κ1) is 15.3. The normalized spacial score (nSPS) is 16.5. The van der Waals surface area contributed by atoms with E-state index in [1.165, 1.54) is 10.5 Å². The average molecular weight is 292 g/mol. The van der Waals surface area contributed by atoms with Gasteiger partial charge in [-0.25, -0.2) is 4.79 Å². The van der Waals surface area contributed by atoms with Gasteiger partial charge in [-0.1, -0.05) is 19.1 Å². The van der Waals surface area contributed by atoms with Crippen molar-refractivity contribution >= 4 is 11.9 Å². The number of hydrogen-bond donors (Lipinski definition) is 1. The molecular weight excluding hydrogens is 272 g/mol. The Morgan fingerprint density at radius 1 is 1.29 bits per heavy atom. The number of carbonyl (C=O) groups excluding carboxylic acids is 2. The van der Waals surface area contributed by atoms with Crippen molar-refractivity contribution in [3.63, 3.8) is 0 Å². The minimum atomic E-state index is -0.907. The Labute approximate surface area is 123 Å². The Bertz CT molecular complexity index is 515. The van der Waals surface area contributed by atoms with Crippen LogP contribution in [0.4, 0.5) is 4.79 Å². The van der Waals surface area contributed by atoms with Crippen LogP contribution in [0.25, 0.3) is 0 Å². The van der Waals surface area contributed by atoms with Crippen LogP contribution in [0.15, 0.2) is 24.3 Å². The Morgan fingerprint density at radius 2 is 1.95 bits per heavy atom. The molecule has 1 aromatic rings. The third-order valence-electron chi connectivity index (χ3n) is 3.40. The molecule has 0 spiro atoms. The highest BCUT2D eigenvalue weighted by Crippen LogP contribution is 2.13. The fourth-order valence-corrected chi connectivity index (χ4v) is 2.13. The van der Waals surface area contributed by atoms with E-state index >= 15 is 0 Å². The van der Waals surface area contributed by atoms with Gasteiger partial charge in [0, 0.05) is 7.05 Å². The fourth-order valence-electron chi connectivity index (χ4n) is 2.13. The molecule has 0 bridgehead atoms. The van der Waals surface area contributed by atoms with Gasteiger partial charge < -0.3 is 14.7 Å². The summed E-state index contributed by atoms with van der Waals surface area (Å²) in [6.45, 7) is 2.12. The lowest BCUT2D eigenvalue weighted by atomic mass is 10.2. The molecule has 1 heterocycles. The summed E-state index contributed by atoms with van der Waals surface area (Å²) in [5.41, 5.74) is 1.21. The van der Waals surface area contributed by atoms with Crippen molar-refractivity contribution in [2.45, 2.75) is 19.4 Å². The lowest BCUT2D eigenvalue weighted by Gasteiger charge is -2.18. The molecule has 1 saturated heterocycles. The first-order valence-corrected chi connectivity index (χ1v) is 6.96. The lowest BCUT2D eigenvalue weighted by Crippen LogP contribution is -2.40. The second-order valence-electron chi connectivity index (χ2n) is 5.11. The van der Waals surface area contributed by atoms with Crippen molar-refractivity contribution in [1.29, 1.82) is 0 Å². The van der Waals surface area contributed by atoms with E-state index in [2.05, 4.69) is 6.92 Å². The number of benzene rings is 1. The fraction of sp³-hybridized carbons (Fsp3) is 0.467. The molecule has 6 heteroatoms. The van der Waals surface area contributed by atoms with Gasteiger partial charge in [-0.15, -0.1) is 0 Å². The van der Waals surface area contributed by atoms with Crippen LogP contribution in [0.3, 0.4) is 0 Å². The Hall–Kier alpha value is -2.08. The first-order chi connectivity index (χ1) is 10.0. The number of aliphatic hydroxyl groups excluding tert-OH is 1. The maximum absolute atomic E-state index is 11.7. The number of aliphatic hydroxyl groups is 1. The van der Waals surface area contributed by atoms with E-state index in [1.807, 2.05) is 24.3 Å². The molecule has 1 atom stereocenters. The highest BCUT2D eigenvalue weighted by atomic mass is 16.5. The molecule has 0 aliphatic carbocycles. The molecule has 0 saturated carbocycles. The number of rotatable bonds is 6. The lowest BCUT2D eigenvalue weighted by molar-refractivity contribution is -0.126. The van der Waals surface area contributed by atoms with Crippen LogP contribution in [0.1, 0.15) is 12.5 Å². The predicted molar refractivity (Wildman–Crippen MR) is 77.1 cm³/mol. The quantitative estimate of drug-likeness (QED) is 0.790. The maximum Gasteiger partial charge on any atom is 0.327 e. The summed E-state index contributed by atoms with van der Waals surface area (Å²) in [5.74, 6) is 0.358. The summed E-state index contributed by atoms with van der Waals surface area (Å²) in [6.07, 6.45) is 0.0468. The molecule has 2 rings (SSSR count). The molecule has 0 radical (unpaired) electrons. The van der Waals surface area contributed by atoms with E-state index in [0.29, 0.717) is 5.75 Å². The minimum Gasteiger partial charge on any atom is -0.491 e. The van der Waals surface area contributed by atoms with Gasteiger partial charge in [0.15, 0.2) is 0 Å². The van der Waals surface area contributed by atoms with Gasteiger partial charge in [0.05, 0.1) is 6.54 Å². The van der Waals surface area contributed by atoms with Crippen molar-refractivity contribution in [2.75, 3.05) is 26.7 Å². The molecule has 114 valence electrons. The molecular formula is C15H20N2O4. The van der Waals surface area contributed by atoms with Gasteiger partial charge >= 0.3 is 6.03 Å². The third-order valence-corrected chi connectivity index (χ3v) is 3.40. The SMILES string of the molecule is CCc1ccc(OC[C@@H](O)CN2C(=O)CN(C)C2=O)cc1. The number of nitrogens with zero attached hydrogens (tertiary/aromatic N) is 2. The van der Waals surface area contributed by atoms with E-state index in [-0.39, 0.29) is 31.6 Å². The molecule has 1 fully saturated rings. The molecule has 1 aliphatic heterocycles. The summed E-state index contributed by atoms with van der Waals surface area (Å²) in [4.78, 5) is 25.6. The predicted octanol–water partition coefficient (Wildman–Crippen LogP) is 0.883. The number of carbonyl (C=O) groups is 2. The summed E-state index contributed by atoms with van der Waals surface area (Å²) in [5, 5.41) is 9.90. The van der Waals surface area contributed by atoms with Gasteiger partial charge in [0.25, 0.3) is 0 Å². The highest BCUT2D eigenvalue weighted by Gasteiger charge is 2.34. The van der Waals surface area contributed by atoms with Crippen molar-refractivity contribution < 1.29 is 19.4 Å².